The molecule has 0 bridgehead atoms. The lowest BCUT2D eigenvalue weighted by Crippen LogP contribution is -2.05. The summed E-state index contributed by atoms with van der Waals surface area (Å²) in [6, 6.07) is 6.10. The molecule has 1 aromatic carbocycles. The Morgan fingerprint density at radius 3 is 2.23 bits per heavy atom. The van der Waals surface area contributed by atoms with Crippen LogP contribution in [0.15, 0.2) is 24.3 Å². The van der Waals surface area contributed by atoms with Crippen molar-refractivity contribution in [3.05, 3.63) is 41.0 Å². The molecule has 0 aliphatic heterocycles. The van der Waals surface area contributed by atoms with Crippen molar-refractivity contribution in [2.75, 3.05) is 0 Å². The molecule has 0 heterocycles. The largest absolute Gasteiger partial charge is 0.366 e. The van der Waals surface area contributed by atoms with Crippen LogP contribution in [-0.2, 0) is 4.79 Å². The summed E-state index contributed by atoms with van der Waals surface area (Å²) in [7, 11) is 0. The van der Waals surface area contributed by atoms with Crippen LogP contribution < -0.4 is 5.73 Å². The summed E-state index contributed by atoms with van der Waals surface area (Å²) in [5, 5.41) is 0. The lowest BCUT2D eigenvalue weighted by molar-refractivity contribution is -0.113. The Morgan fingerprint density at radius 1 is 1.23 bits per heavy atom. The Labute approximate surface area is 78.1 Å². The number of carbonyl (C=O) groups excluding carboxylic acids is 1. The van der Waals surface area contributed by atoms with Crippen LogP contribution >= 0.6 is 0 Å². The van der Waals surface area contributed by atoms with Crippen LogP contribution in [0.3, 0.4) is 0 Å². The minimum atomic E-state index is -0.417. The summed E-state index contributed by atoms with van der Waals surface area (Å²) in [6.45, 7) is 4.04. The van der Waals surface area contributed by atoms with Gasteiger partial charge >= 0.3 is 0 Å². The third kappa shape index (κ3) is 3.11. The molecule has 2 heteroatoms. The van der Waals surface area contributed by atoms with Gasteiger partial charge in [-0.3, -0.25) is 4.79 Å². The molecule has 0 aliphatic rings. The Morgan fingerprint density at radius 2 is 1.77 bits per heavy atom. The van der Waals surface area contributed by atoms with E-state index >= 15 is 0 Å². The molecule has 0 fully saturated rings. The molecule has 2 nitrogen and oxygen atoms in total. The normalized spacial score (nSPS) is 10.6. The van der Waals surface area contributed by atoms with E-state index in [2.05, 4.69) is 6.07 Å². The van der Waals surface area contributed by atoms with Crippen molar-refractivity contribution in [3.63, 3.8) is 0 Å². The zero-order valence-electron chi connectivity index (χ0n) is 7.87. The molecular formula is C11H13NO. The Balaban J connectivity index is 2.95. The molecule has 0 atom stereocenters. The van der Waals surface area contributed by atoms with Crippen molar-refractivity contribution in [2.45, 2.75) is 13.8 Å². The van der Waals surface area contributed by atoms with Gasteiger partial charge in [-0.05, 0) is 25.5 Å². The second-order valence-corrected chi connectivity index (χ2v) is 3.16. The molecule has 0 saturated carbocycles. The van der Waals surface area contributed by atoms with Gasteiger partial charge in [-0.25, -0.2) is 0 Å². The molecule has 0 radical (unpaired) electrons. The summed E-state index contributed by atoms with van der Waals surface area (Å²) < 4.78 is 0. The zero-order valence-corrected chi connectivity index (χ0v) is 7.87. The third-order valence-corrected chi connectivity index (χ3v) is 1.68. The van der Waals surface area contributed by atoms with Gasteiger partial charge in [-0.2, -0.15) is 0 Å². The number of rotatable bonds is 2. The van der Waals surface area contributed by atoms with Gasteiger partial charge in [-0.15, -0.1) is 0 Å². The molecule has 0 unspecified atom stereocenters. The van der Waals surface area contributed by atoms with Crippen molar-refractivity contribution < 1.29 is 4.79 Å². The molecule has 0 aromatic heterocycles. The molecule has 0 aliphatic carbocycles. The Kier molecular flexibility index (Phi) is 2.85. The van der Waals surface area contributed by atoms with Crippen molar-refractivity contribution in [1.29, 1.82) is 0 Å². The maximum Gasteiger partial charge on any atom is 0.241 e. The predicted octanol–water partition coefficient (Wildman–Crippen LogP) is 1.80. The van der Waals surface area contributed by atoms with Gasteiger partial charge in [0.25, 0.3) is 0 Å². The molecule has 13 heavy (non-hydrogen) atoms. The summed E-state index contributed by atoms with van der Waals surface area (Å²) in [6.07, 6.45) is 3.09. The van der Waals surface area contributed by atoms with E-state index in [4.69, 9.17) is 5.73 Å². The van der Waals surface area contributed by atoms with E-state index in [0.717, 1.165) is 5.56 Å². The highest BCUT2D eigenvalue weighted by Crippen LogP contribution is 2.09. The van der Waals surface area contributed by atoms with Crippen LogP contribution in [0.25, 0.3) is 6.08 Å². The van der Waals surface area contributed by atoms with Crippen LogP contribution in [0.1, 0.15) is 16.7 Å². The van der Waals surface area contributed by atoms with Crippen molar-refractivity contribution in [1.82, 2.24) is 0 Å². The van der Waals surface area contributed by atoms with Crippen LogP contribution in [0, 0.1) is 13.8 Å². The monoisotopic (exact) mass is 175 g/mol. The van der Waals surface area contributed by atoms with E-state index in [1.54, 1.807) is 6.08 Å². The molecule has 1 rings (SSSR count). The van der Waals surface area contributed by atoms with Crippen LogP contribution in [0.4, 0.5) is 0 Å². The van der Waals surface area contributed by atoms with E-state index in [-0.39, 0.29) is 0 Å². The van der Waals surface area contributed by atoms with E-state index in [0.29, 0.717) is 0 Å². The highest BCUT2D eigenvalue weighted by molar-refractivity contribution is 5.90. The number of amides is 1. The van der Waals surface area contributed by atoms with Gasteiger partial charge in [0.2, 0.25) is 5.91 Å². The van der Waals surface area contributed by atoms with E-state index in [1.165, 1.54) is 17.2 Å². The number of hydrogen-bond donors (Lipinski definition) is 1. The first kappa shape index (κ1) is 9.52. The van der Waals surface area contributed by atoms with Crippen molar-refractivity contribution >= 4 is 12.0 Å². The lowest BCUT2D eigenvalue weighted by Gasteiger charge is -1.98. The minimum absolute atomic E-state index is 0.417. The third-order valence-electron chi connectivity index (χ3n) is 1.68. The first-order valence-electron chi connectivity index (χ1n) is 4.14. The molecule has 1 aromatic rings. The fourth-order valence-corrected chi connectivity index (χ4v) is 1.28. The van der Waals surface area contributed by atoms with Crippen molar-refractivity contribution in [3.8, 4) is 0 Å². The van der Waals surface area contributed by atoms with Gasteiger partial charge in [0.15, 0.2) is 0 Å². The smallest absolute Gasteiger partial charge is 0.241 e. The number of primary amides is 1. The van der Waals surface area contributed by atoms with Gasteiger partial charge < -0.3 is 5.73 Å². The van der Waals surface area contributed by atoms with Crippen molar-refractivity contribution in [2.24, 2.45) is 5.73 Å². The average Bonchev–Trinajstić information content (AvgIpc) is 1.99. The summed E-state index contributed by atoms with van der Waals surface area (Å²) >= 11 is 0. The topological polar surface area (TPSA) is 43.1 Å². The van der Waals surface area contributed by atoms with E-state index in [9.17, 15) is 4.79 Å². The minimum Gasteiger partial charge on any atom is -0.366 e. The first-order chi connectivity index (χ1) is 6.08. The average molecular weight is 175 g/mol. The van der Waals surface area contributed by atoms with Crippen LogP contribution in [0.2, 0.25) is 0 Å². The predicted molar refractivity (Wildman–Crippen MR) is 54.1 cm³/mol. The second kappa shape index (κ2) is 3.90. The second-order valence-electron chi connectivity index (χ2n) is 3.16. The quantitative estimate of drug-likeness (QED) is 0.684. The number of carbonyl (C=O) groups is 1. The molecule has 2 N–H and O–H groups in total. The fraction of sp³-hybridized carbons (Fsp3) is 0.182. The van der Waals surface area contributed by atoms with Crippen LogP contribution in [0.5, 0.6) is 0 Å². The SMILES string of the molecule is Cc1cc(C)cc(/C=C/C(N)=O)c1. The van der Waals surface area contributed by atoms with Crippen LogP contribution in [-0.4, -0.2) is 5.91 Å². The van der Waals surface area contributed by atoms with E-state index < -0.39 is 5.91 Å². The molecule has 1 amide bonds. The van der Waals surface area contributed by atoms with Gasteiger partial charge in [0, 0.05) is 6.08 Å². The van der Waals surface area contributed by atoms with Gasteiger partial charge in [0.1, 0.15) is 0 Å². The summed E-state index contributed by atoms with van der Waals surface area (Å²) in [5.74, 6) is -0.417. The summed E-state index contributed by atoms with van der Waals surface area (Å²) in [4.78, 5) is 10.5. The number of nitrogens with two attached hydrogens (primary N) is 1. The highest BCUT2D eigenvalue weighted by atomic mass is 16.1. The van der Waals surface area contributed by atoms with Gasteiger partial charge in [0.05, 0.1) is 0 Å². The van der Waals surface area contributed by atoms with Gasteiger partial charge in [-0.1, -0.05) is 29.3 Å². The zero-order chi connectivity index (χ0) is 9.84. The number of hydrogen-bond acceptors (Lipinski definition) is 1. The molecule has 68 valence electrons. The standard InChI is InChI=1S/C11H13NO/c1-8-5-9(2)7-10(6-8)3-4-11(12)13/h3-7H,1-2H3,(H2,12,13)/b4-3+. The number of aryl methyl sites for hydroxylation is 2. The molecule has 0 spiro atoms. The highest BCUT2D eigenvalue weighted by Gasteiger charge is 1.92. The Hall–Kier alpha value is -1.57. The Bertz CT molecular complexity index is 333. The maximum absolute atomic E-state index is 10.5. The van der Waals surface area contributed by atoms with E-state index in [1.807, 2.05) is 26.0 Å². The molecule has 0 saturated heterocycles. The lowest BCUT2D eigenvalue weighted by atomic mass is 10.1. The first-order valence-corrected chi connectivity index (χ1v) is 4.14. The molecular weight excluding hydrogens is 162 g/mol. The maximum atomic E-state index is 10.5. The summed E-state index contributed by atoms with van der Waals surface area (Å²) in [5.41, 5.74) is 8.37. The fourth-order valence-electron chi connectivity index (χ4n) is 1.28. The number of benzene rings is 1.